The van der Waals surface area contributed by atoms with Gasteiger partial charge in [-0.05, 0) is 51.0 Å². The second-order valence-corrected chi connectivity index (χ2v) is 11.2. The number of halogens is 1. The van der Waals surface area contributed by atoms with Crippen LogP contribution < -0.4 is 5.32 Å². The number of thiophene rings is 1. The minimum atomic E-state index is -0.533. The topological polar surface area (TPSA) is 71.5 Å². The van der Waals surface area contributed by atoms with Gasteiger partial charge in [-0.1, -0.05) is 15.9 Å². The van der Waals surface area contributed by atoms with Gasteiger partial charge in [-0.25, -0.2) is 9.78 Å². The van der Waals surface area contributed by atoms with Crippen molar-refractivity contribution in [3.05, 3.63) is 33.1 Å². The summed E-state index contributed by atoms with van der Waals surface area (Å²) < 4.78 is 7.61. The van der Waals surface area contributed by atoms with E-state index in [1.807, 2.05) is 39.0 Å². The van der Waals surface area contributed by atoms with E-state index in [1.54, 1.807) is 16.2 Å². The molecular weight excluding hydrogens is 486 g/mol. The van der Waals surface area contributed by atoms with Gasteiger partial charge in [0.05, 0.1) is 16.8 Å². The van der Waals surface area contributed by atoms with E-state index in [2.05, 4.69) is 21.2 Å². The first-order valence-electron chi connectivity index (χ1n) is 9.57. The lowest BCUT2D eigenvalue weighted by atomic mass is 10.0. The first-order valence-corrected chi connectivity index (χ1v) is 12.0. The first kappa shape index (κ1) is 21.3. The van der Waals surface area contributed by atoms with Crippen LogP contribution in [0.5, 0.6) is 0 Å². The fraction of sp³-hybridized carbons (Fsp3) is 0.381. The van der Waals surface area contributed by atoms with Gasteiger partial charge in [-0.2, -0.15) is 0 Å². The predicted molar refractivity (Wildman–Crippen MR) is 125 cm³/mol. The van der Waals surface area contributed by atoms with Crippen molar-refractivity contribution in [2.75, 3.05) is 11.9 Å². The number of thiazole rings is 1. The third-order valence-corrected chi connectivity index (χ3v) is 7.24. The Kier molecular flexibility index (Phi) is 5.63. The molecule has 9 heteroatoms. The second kappa shape index (κ2) is 7.94. The smallest absolute Gasteiger partial charge is 0.410 e. The van der Waals surface area contributed by atoms with Crippen LogP contribution in [0.3, 0.4) is 0 Å². The predicted octanol–water partition coefficient (Wildman–Crippen LogP) is 6.04. The summed E-state index contributed by atoms with van der Waals surface area (Å²) in [7, 11) is 0. The number of hydrogen-bond donors (Lipinski definition) is 1. The molecule has 0 radical (unpaired) electrons. The number of amides is 2. The van der Waals surface area contributed by atoms with Crippen LogP contribution in [0.25, 0.3) is 20.8 Å². The Morgan fingerprint density at radius 1 is 1.27 bits per heavy atom. The Morgan fingerprint density at radius 2 is 2.03 bits per heavy atom. The van der Waals surface area contributed by atoms with Gasteiger partial charge in [-0.3, -0.25) is 4.79 Å². The lowest BCUT2D eigenvalue weighted by molar-refractivity contribution is -0.114. The Bertz CT molecular complexity index is 1150. The van der Waals surface area contributed by atoms with E-state index in [0.29, 0.717) is 19.5 Å². The summed E-state index contributed by atoms with van der Waals surface area (Å²) in [5.41, 5.74) is 2.52. The van der Waals surface area contributed by atoms with Crippen molar-refractivity contribution in [3.8, 4) is 10.6 Å². The summed E-state index contributed by atoms with van der Waals surface area (Å²) in [6.07, 6.45) is 0.383. The number of carbonyl (C=O) groups is 2. The number of rotatable bonds is 2. The summed E-state index contributed by atoms with van der Waals surface area (Å²) in [6.45, 7) is 8.14. The highest BCUT2D eigenvalue weighted by atomic mass is 79.9. The summed E-state index contributed by atoms with van der Waals surface area (Å²) in [5, 5.41) is 4.64. The van der Waals surface area contributed by atoms with E-state index in [1.165, 1.54) is 18.3 Å². The van der Waals surface area contributed by atoms with E-state index in [9.17, 15) is 9.59 Å². The maximum absolute atomic E-state index is 12.5. The molecule has 1 aromatic carbocycles. The molecule has 0 bridgehead atoms. The quantitative estimate of drug-likeness (QED) is 0.458. The van der Waals surface area contributed by atoms with Gasteiger partial charge in [0.2, 0.25) is 5.91 Å². The molecule has 1 aliphatic heterocycles. The molecule has 0 fully saturated rings. The van der Waals surface area contributed by atoms with E-state index in [4.69, 9.17) is 9.72 Å². The Labute approximate surface area is 191 Å². The SMILES string of the molecule is CC(=O)Nc1sc2c(c1-c1nc3cc(Br)ccc3s1)CCN(C(=O)OC(C)(C)C)C2. The molecule has 0 saturated carbocycles. The number of benzene rings is 1. The van der Waals surface area contributed by atoms with Crippen LogP contribution in [0.4, 0.5) is 9.80 Å². The van der Waals surface area contributed by atoms with Crippen molar-refractivity contribution >= 4 is 65.8 Å². The van der Waals surface area contributed by atoms with Crippen molar-refractivity contribution in [2.24, 2.45) is 0 Å². The van der Waals surface area contributed by atoms with Gasteiger partial charge in [0.25, 0.3) is 0 Å². The maximum atomic E-state index is 12.5. The molecule has 0 spiro atoms. The van der Waals surface area contributed by atoms with Gasteiger partial charge < -0.3 is 15.0 Å². The molecule has 3 heterocycles. The molecule has 2 aromatic heterocycles. The van der Waals surface area contributed by atoms with Gasteiger partial charge in [0, 0.05) is 28.4 Å². The van der Waals surface area contributed by atoms with Crippen LogP contribution in [0.15, 0.2) is 22.7 Å². The zero-order chi connectivity index (χ0) is 21.6. The molecular formula is C21H22BrN3O3S2. The van der Waals surface area contributed by atoms with E-state index < -0.39 is 5.60 Å². The zero-order valence-electron chi connectivity index (χ0n) is 17.2. The molecule has 4 rings (SSSR count). The standard InChI is InChI=1S/C21H22BrN3O3S2/c1-11(26)23-18-17(19-24-14-9-12(22)5-6-15(14)29-19)13-7-8-25(10-16(13)30-18)20(27)28-21(2,3)4/h5-6,9H,7-8,10H2,1-4H3,(H,23,26). The summed E-state index contributed by atoms with van der Waals surface area (Å²) >= 11 is 6.62. The van der Waals surface area contributed by atoms with Crippen LogP contribution in [0, 0.1) is 0 Å². The number of ether oxygens (including phenoxy) is 1. The molecule has 0 aliphatic carbocycles. The minimum Gasteiger partial charge on any atom is -0.444 e. The summed E-state index contributed by atoms with van der Waals surface area (Å²) in [6, 6.07) is 6.04. The fourth-order valence-corrected chi connectivity index (χ4v) is 6.12. The molecule has 1 N–H and O–H groups in total. The maximum Gasteiger partial charge on any atom is 0.410 e. The molecule has 0 atom stereocenters. The monoisotopic (exact) mass is 507 g/mol. The van der Waals surface area contributed by atoms with Crippen molar-refractivity contribution in [3.63, 3.8) is 0 Å². The number of fused-ring (bicyclic) bond motifs is 2. The molecule has 3 aromatic rings. The second-order valence-electron chi connectivity index (χ2n) is 8.17. The summed E-state index contributed by atoms with van der Waals surface area (Å²) in [5.74, 6) is -0.122. The summed E-state index contributed by atoms with van der Waals surface area (Å²) in [4.78, 5) is 32.0. The largest absolute Gasteiger partial charge is 0.444 e. The van der Waals surface area contributed by atoms with Crippen molar-refractivity contribution in [1.82, 2.24) is 9.88 Å². The Morgan fingerprint density at radius 3 is 2.73 bits per heavy atom. The van der Waals surface area contributed by atoms with Gasteiger partial charge in [0.1, 0.15) is 15.6 Å². The number of nitrogens with one attached hydrogen (secondary N) is 1. The lowest BCUT2D eigenvalue weighted by Gasteiger charge is -2.30. The number of carbonyl (C=O) groups excluding carboxylic acids is 2. The van der Waals surface area contributed by atoms with Crippen LogP contribution in [-0.4, -0.2) is 34.0 Å². The average molecular weight is 508 g/mol. The molecule has 30 heavy (non-hydrogen) atoms. The number of nitrogens with zero attached hydrogens (tertiary/aromatic N) is 2. The number of aromatic nitrogens is 1. The minimum absolute atomic E-state index is 0.122. The van der Waals surface area contributed by atoms with E-state index in [0.717, 1.165) is 40.7 Å². The number of hydrogen-bond acceptors (Lipinski definition) is 6. The van der Waals surface area contributed by atoms with Gasteiger partial charge in [0.15, 0.2) is 0 Å². The highest BCUT2D eigenvalue weighted by Gasteiger charge is 2.31. The molecule has 0 saturated heterocycles. The molecule has 1 aliphatic rings. The average Bonchev–Trinajstić information content (AvgIpc) is 3.18. The molecule has 2 amide bonds. The third kappa shape index (κ3) is 4.38. The van der Waals surface area contributed by atoms with Crippen LogP contribution in [0.1, 0.15) is 38.1 Å². The zero-order valence-corrected chi connectivity index (χ0v) is 20.4. The van der Waals surface area contributed by atoms with Crippen molar-refractivity contribution < 1.29 is 14.3 Å². The third-order valence-electron chi connectivity index (χ3n) is 4.56. The first-order chi connectivity index (χ1) is 14.1. The highest BCUT2D eigenvalue weighted by molar-refractivity contribution is 9.10. The van der Waals surface area contributed by atoms with E-state index in [-0.39, 0.29) is 12.0 Å². The molecule has 158 valence electrons. The van der Waals surface area contributed by atoms with Crippen LogP contribution >= 0.6 is 38.6 Å². The molecule has 6 nitrogen and oxygen atoms in total. The Balaban J connectivity index is 1.73. The van der Waals surface area contributed by atoms with E-state index >= 15 is 0 Å². The lowest BCUT2D eigenvalue weighted by Crippen LogP contribution is -2.39. The van der Waals surface area contributed by atoms with Crippen LogP contribution in [-0.2, 0) is 22.5 Å². The normalized spacial score (nSPS) is 14.0. The highest BCUT2D eigenvalue weighted by Crippen LogP contribution is 2.46. The van der Waals surface area contributed by atoms with Gasteiger partial charge >= 0.3 is 6.09 Å². The van der Waals surface area contributed by atoms with Crippen molar-refractivity contribution in [1.29, 1.82) is 0 Å². The van der Waals surface area contributed by atoms with Crippen LogP contribution in [0.2, 0.25) is 0 Å². The Hall–Kier alpha value is -1.97. The molecule has 0 unspecified atom stereocenters. The number of anilines is 1. The van der Waals surface area contributed by atoms with Gasteiger partial charge in [-0.15, -0.1) is 22.7 Å². The van der Waals surface area contributed by atoms with Crippen molar-refractivity contribution in [2.45, 2.75) is 46.3 Å². The fourth-order valence-electron chi connectivity index (χ4n) is 3.37.